The lowest BCUT2D eigenvalue weighted by Crippen LogP contribution is -2.33. The van der Waals surface area contributed by atoms with Crippen molar-refractivity contribution >= 4 is 35.2 Å². The van der Waals surface area contributed by atoms with Crippen LogP contribution in [0.15, 0.2) is 18.2 Å². The molecule has 3 N–H and O–H groups in total. The summed E-state index contributed by atoms with van der Waals surface area (Å²) in [6.07, 6.45) is 0.302. The molecular formula is C15H18ClN3O4. The summed E-state index contributed by atoms with van der Waals surface area (Å²) in [6.45, 7) is 2.80. The van der Waals surface area contributed by atoms with E-state index in [0.717, 1.165) is 0 Å². The molecule has 1 aromatic rings. The molecule has 1 aliphatic rings. The van der Waals surface area contributed by atoms with Crippen LogP contribution in [-0.2, 0) is 4.79 Å². The molecule has 0 bridgehead atoms. The van der Waals surface area contributed by atoms with Crippen molar-refractivity contribution in [3.8, 4) is 0 Å². The number of carbonyl (C=O) groups is 3. The summed E-state index contributed by atoms with van der Waals surface area (Å²) in [4.78, 5) is 36.1. The van der Waals surface area contributed by atoms with Gasteiger partial charge in [0.2, 0.25) is 0 Å². The minimum atomic E-state index is -0.911. The molecule has 0 spiro atoms. The molecule has 8 heteroatoms. The fourth-order valence-corrected chi connectivity index (χ4v) is 2.49. The number of carbonyl (C=O) groups excluding carboxylic acids is 2. The van der Waals surface area contributed by atoms with Gasteiger partial charge in [0.15, 0.2) is 0 Å². The van der Waals surface area contributed by atoms with Crippen LogP contribution in [-0.4, -0.2) is 42.1 Å². The highest BCUT2D eigenvalue weighted by Crippen LogP contribution is 2.24. The van der Waals surface area contributed by atoms with E-state index in [1.165, 1.54) is 4.90 Å². The van der Waals surface area contributed by atoms with Gasteiger partial charge in [0.05, 0.1) is 10.6 Å². The van der Waals surface area contributed by atoms with E-state index < -0.39 is 11.9 Å². The molecule has 23 heavy (non-hydrogen) atoms. The SMILES string of the molecule is CC(CCC(=O)O)NC(=O)c1cc(N2CCNC2=O)ccc1Cl. The third-order valence-electron chi connectivity index (χ3n) is 3.53. The first-order chi connectivity index (χ1) is 10.9. The fourth-order valence-electron chi connectivity index (χ4n) is 2.29. The molecule has 1 atom stereocenters. The van der Waals surface area contributed by atoms with Crippen molar-refractivity contribution in [3.63, 3.8) is 0 Å². The molecule has 1 heterocycles. The van der Waals surface area contributed by atoms with Crippen LogP contribution in [0.25, 0.3) is 0 Å². The van der Waals surface area contributed by atoms with Crippen molar-refractivity contribution in [1.82, 2.24) is 10.6 Å². The maximum absolute atomic E-state index is 12.3. The number of carboxylic acids is 1. The van der Waals surface area contributed by atoms with Gasteiger partial charge in [-0.15, -0.1) is 0 Å². The summed E-state index contributed by atoms with van der Waals surface area (Å²) in [5, 5.41) is 14.3. The fraction of sp³-hybridized carbons (Fsp3) is 0.400. The van der Waals surface area contributed by atoms with Crippen LogP contribution in [0.1, 0.15) is 30.1 Å². The molecule has 124 valence electrons. The van der Waals surface area contributed by atoms with Gasteiger partial charge in [-0.2, -0.15) is 0 Å². The van der Waals surface area contributed by atoms with Gasteiger partial charge in [0, 0.05) is 31.2 Å². The van der Waals surface area contributed by atoms with Crippen molar-refractivity contribution < 1.29 is 19.5 Å². The summed E-state index contributed by atoms with van der Waals surface area (Å²) in [6, 6.07) is 4.30. The number of aliphatic carboxylic acids is 1. The molecule has 0 aliphatic carbocycles. The molecule has 2 rings (SSSR count). The zero-order valence-corrected chi connectivity index (χ0v) is 13.4. The Morgan fingerprint density at radius 2 is 2.22 bits per heavy atom. The lowest BCUT2D eigenvalue weighted by molar-refractivity contribution is -0.137. The Balaban J connectivity index is 2.10. The summed E-state index contributed by atoms with van der Waals surface area (Å²) >= 11 is 6.07. The van der Waals surface area contributed by atoms with Crippen molar-refractivity contribution in [2.75, 3.05) is 18.0 Å². The molecule has 1 unspecified atom stereocenters. The monoisotopic (exact) mass is 339 g/mol. The number of hydrogen-bond acceptors (Lipinski definition) is 3. The largest absolute Gasteiger partial charge is 0.481 e. The predicted octanol–water partition coefficient (Wildman–Crippen LogP) is 1.85. The van der Waals surface area contributed by atoms with Crippen LogP contribution in [0, 0.1) is 0 Å². The van der Waals surface area contributed by atoms with Gasteiger partial charge in [-0.25, -0.2) is 4.79 Å². The van der Waals surface area contributed by atoms with Crippen molar-refractivity contribution in [1.29, 1.82) is 0 Å². The number of urea groups is 1. The Morgan fingerprint density at radius 1 is 1.48 bits per heavy atom. The van der Waals surface area contributed by atoms with Crippen LogP contribution in [0.5, 0.6) is 0 Å². The molecule has 0 saturated carbocycles. The minimum Gasteiger partial charge on any atom is -0.481 e. The van der Waals surface area contributed by atoms with E-state index in [4.69, 9.17) is 16.7 Å². The first-order valence-electron chi connectivity index (χ1n) is 7.26. The first-order valence-corrected chi connectivity index (χ1v) is 7.64. The van der Waals surface area contributed by atoms with Crippen molar-refractivity contribution in [2.45, 2.75) is 25.8 Å². The van der Waals surface area contributed by atoms with Crippen molar-refractivity contribution in [2.24, 2.45) is 0 Å². The molecule has 3 amide bonds. The highest BCUT2D eigenvalue weighted by molar-refractivity contribution is 6.34. The van der Waals surface area contributed by atoms with Crippen LogP contribution < -0.4 is 15.5 Å². The molecular weight excluding hydrogens is 322 g/mol. The zero-order chi connectivity index (χ0) is 17.0. The van der Waals surface area contributed by atoms with Gasteiger partial charge in [-0.05, 0) is 31.5 Å². The minimum absolute atomic E-state index is 0.0246. The lowest BCUT2D eigenvalue weighted by atomic mass is 10.1. The molecule has 7 nitrogen and oxygen atoms in total. The number of benzene rings is 1. The third kappa shape index (κ3) is 4.35. The second-order valence-electron chi connectivity index (χ2n) is 5.35. The van der Waals surface area contributed by atoms with Gasteiger partial charge in [0.1, 0.15) is 0 Å². The van der Waals surface area contributed by atoms with E-state index in [1.807, 2.05) is 0 Å². The van der Waals surface area contributed by atoms with Gasteiger partial charge in [0.25, 0.3) is 5.91 Å². The van der Waals surface area contributed by atoms with E-state index in [0.29, 0.717) is 25.2 Å². The number of nitrogens with zero attached hydrogens (tertiary/aromatic N) is 1. The number of carboxylic acid groups (broad SMARTS) is 1. The number of halogens is 1. The Hall–Kier alpha value is -2.28. The highest BCUT2D eigenvalue weighted by atomic mass is 35.5. The van der Waals surface area contributed by atoms with E-state index in [1.54, 1.807) is 25.1 Å². The molecule has 0 aromatic heterocycles. The zero-order valence-electron chi connectivity index (χ0n) is 12.6. The van der Waals surface area contributed by atoms with Crippen molar-refractivity contribution in [3.05, 3.63) is 28.8 Å². The lowest BCUT2D eigenvalue weighted by Gasteiger charge is -2.17. The average molecular weight is 340 g/mol. The van der Waals surface area contributed by atoms with Gasteiger partial charge in [-0.3, -0.25) is 14.5 Å². The highest BCUT2D eigenvalue weighted by Gasteiger charge is 2.23. The first kappa shape index (κ1) is 17.1. The second kappa shape index (κ2) is 7.32. The van der Waals surface area contributed by atoms with E-state index in [-0.39, 0.29) is 29.1 Å². The number of nitrogens with one attached hydrogen (secondary N) is 2. The number of rotatable bonds is 6. The van der Waals surface area contributed by atoms with Gasteiger partial charge < -0.3 is 15.7 Å². The number of anilines is 1. The Labute approximate surface area is 138 Å². The summed E-state index contributed by atoms with van der Waals surface area (Å²) in [5.41, 5.74) is 0.846. The van der Waals surface area contributed by atoms with Gasteiger partial charge >= 0.3 is 12.0 Å². The standard InChI is InChI=1S/C15H18ClN3O4/c1-9(2-5-13(20)21)18-14(22)11-8-10(3-4-12(11)16)19-7-6-17-15(19)23/h3-4,8-9H,2,5-7H2,1H3,(H,17,23)(H,18,22)(H,20,21). The Morgan fingerprint density at radius 3 is 2.83 bits per heavy atom. The van der Waals surface area contributed by atoms with Crippen LogP contribution in [0.4, 0.5) is 10.5 Å². The quantitative estimate of drug-likeness (QED) is 0.736. The summed E-state index contributed by atoms with van der Waals surface area (Å²) in [5.74, 6) is -1.31. The smallest absolute Gasteiger partial charge is 0.321 e. The normalized spacial score (nSPS) is 15.2. The Bertz CT molecular complexity index is 635. The summed E-state index contributed by atoms with van der Waals surface area (Å²) in [7, 11) is 0. The second-order valence-corrected chi connectivity index (χ2v) is 5.76. The summed E-state index contributed by atoms with van der Waals surface area (Å²) < 4.78 is 0. The third-order valence-corrected chi connectivity index (χ3v) is 3.86. The molecule has 1 aliphatic heterocycles. The predicted molar refractivity (Wildman–Crippen MR) is 86.0 cm³/mol. The average Bonchev–Trinajstić information content (AvgIpc) is 2.91. The molecule has 1 saturated heterocycles. The van der Waals surface area contributed by atoms with Crippen LogP contribution in [0.3, 0.4) is 0 Å². The molecule has 1 aromatic carbocycles. The topological polar surface area (TPSA) is 98.7 Å². The molecule has 0 radical (unpaired) electrons. The van der Waals surface area contributed by atoms with Gasteiger partial charge in [-0.1, -0.05) is 11.6 Å². The number of hydrogen-bond donors (Lipinski definition) is 3. The maximum Gasteiger partial charge on any atom is 0.321 e. The Kier molecular flexibility index (Phi) is 5.44. The number of amides is 3. The van der Waals surface area contributed by atoms with E-state index in [2.05, 4.69) is 10.6 Å². The van der Waals surface area contributed by atoms with E-state index >= 15 is 0 Å². The maximum atomic E-state index is 12.3. The van der Waals surface area contributed by atoms with Crippen LogP contribution >= 0.6 is 11.6 Å². The van der Waals surface area contributed by atoms with Crippen LogP contribution in [0.2, 0.25) is 5.02 Å². The molecule has 1 fully saturated rings. The van der Waals surface area contributed by atoms with E-state index in [9.17, 15) is 14.4 Å².